The van der Waals surface area contributed by atoms with Crippen molar-refractivity contribution in [2.24, 2.45) is 10.7 Å². The molecule has 0 spiro atoms. The van der Waals surface area contributed by atoms with Crippen LogP contribution in [0.1, 0.15) is 16.8 Å². The van der Waals surface area contributed by atoms with Gasteiger partial charge in [0.1, 0.15) is 0 Å². The molecule has 1 aromatic carbocycles. The standard InChI is InChI=1S/C17H22N4S/c1-13-6-7-14(16(11-13)22-2)12-21-17(18)20-10-8-15-5-3-4-9-19-15/h3-7,9,11H,8,10,12H2,1-2H3,(H3,18,20,21). The van der Waals surface area contributed by atoms with Crippen LogP contribution in [0.15, 0.2) is 52.5 Å². The number of nitrogens with one attached hydrogen (secondary N) is 1. The lowest BCUT2D eigenvalue weighted by molar-refractivity contribution is 0.826. The summed E-state index contributed by atoms with van der Waals surface area (Å²) in [6.07, 6.45) is 4.71. The molecule has 0 radical (unpaired) electrons. The number of hydrogen-bond acceptors (Lipinski definition) is 3. The van der Waals surface area contributed by atoms with Gasteiger partial charge in [0.2, 0.25) is 0 Å². The molecule has 2 rings (SSSR count). The van der Waals surface area contributed by atoms with Gasteiger partial charge in [0.05, 0.1) is 6.54 Å². The molecule has 0 fully saturated rings. The Labute approximate surface area is 136 Å². The molecular weight excluding hydrogens is 292 g/mol. The maximum absolute atomic E-state index is 5.92. The van der Waals surface area contributed by atoms with Crippen LogP contribution in [0.3, 0.4) is 0 Å². The van der Waals surface area contributed by atoms with Gasteiger partial charge in [-0.1, -0.05) is 18.2 Å². The summed E-state index contributed by atoms with van der Waals surface area (Å²) < 4.78 is 0. The van der Waals surface area contributed by atoms with E-state index in [0.29, 0.717) is 12.5 Å². The highest BCUT2D eigenvalue weighted by Crippen LogP contribution is 2.22. The number of pyridine rings is 1. The molecule has 116 valence electrons. The first-order chi connectivity index (χ1) is 10.7. The molecule has 0 amide bonds. The lowest BCUT2D eigenvalue weighted by Crippen LogP contribution is -2.33. The van der Waals surface area contributed by atoms with Gasteiger partial charge in [0.25, 0.3) is 0 Å². The SMILES string of the molecule is CSc1cc(C)ccc1CN=C(N)NCCc1ccccn1. The average molecular weight is 314 g/mol. The lowest BCUT2D eigenvalue weighted by Gasteiger charge is -2.08. The van der Waals surface area contributed by atoms with Gasteiger partial charge in [-0.2, -0.15) is 0 Å². The third-order valence-corrected chi connectivity index (χ3v) is 4.10. The fourth-order valence-corrected chi connectivity index (χ4v) is 2.77. The zero-order valence-electron chi connectivity index (χ0n) is 13.0. The molecule has 0 atom stereocenters. The number of nitrogens with zero attached hydrogens (tertiary/aromatic N) is 2. The number of nitrogens with two attached hydrogens (primary N) is 1. The highest BCUT2D eigenvalue weighted by atomic mass is 32.2. The summed E-state index contributed by atoms with van der Waals surface area (Å²) in [5, 5.41) is 3.13. The van der Waals surface area contributed by atoms with Crippen LogP contribution in [0.4, 0.5) is 0 Å². The van der Waals surface area contributed by atoms with Gasteiger partial charge in [-0.3, -0.25) is 4.98 Å². The van der Waals surface area contributed by atoms with E-state index in [0.717, 1.165) is 18.7 Å². The predicted octanol–water partition coefficient (Wildman–Crippen LogP) is 2.76. The Balaban J connectivity index is 1.85. The first-order valence-corrected chi connectivity index (χ1v) is 8.48. The number of hydrogen-bond donors (Lipinski definition) is 2. The molecule has 0 aliphatic rings. The normalized spacial score (nSPS) is 11.5. The van der Waals surface area contributed by atoms with Crippen molar-refractivity contribution in [1.82, 2.24) is 10.3 Å². The maximum Gasteiger partial charge on any atom is 0.188 e. The van der Waals surface area contributed by atoms with Crippen molar-refractivity contribution < 1.29 is 0 Å². The first-order valence-electron chi connectivity index (χ1n) is 7.26. The van der Waals surface area contributed by atoms with Gasteiger partial charge >= 0.3 is 0 Å². The van der Waals surface area contributed by atoms with Crippen LogP contribution < -0.4 is 11.1 Å². The monoisotopic (exact) mass is 314 g/mol. The van der Waals surface area contributed by atoms with E-state index in [1.807, 2.05) is 18.2 Å². The lowest BCUT2D eigenvalue weighted by atomic mass is 10.1. The summed E-state index contributed by atoms with van der Waals surface area (Å²) in [4.78, 5) is 9.94. The second-order valence-corrected chi connectivity index (χ2v) is 5.86. The quantitative estimate of drug-likeness (QED) is 0.489. The molecular formula is C17H22N4S. The Morgan fingerprint density at radius 1 is 1.32 bits per heavy atom. The van der Waals surface area contributed by atoms with Crippen LogP contribution >= 0.6 is 11.8 Å². The average Bonchev–Trinajstić information content (AvgIpc) is 2.54. The van der Waals surface area contributed by atoms with Crippen LogP contribution in [0, 0.1) is 6.92 Å². The zero-order valence-corrected chi connectivity index (χ0v) is 13.9. The van der Waals surface area contributed by atoms with Crippen LogP contribution in [-0.4, -0.2) is 23.7 Å². The number of guanidine groups is 1. The number of aromatic nitrogens is 1. The topological polar surface area (TPSA) is 63.3 Å². The maximum atomic E-state index is 5.92. The van der Waals surface area contributed by atoms with E-state index >= 15 is 0 Å². The molecule has 2 aromatic rings. The molecule has 22 heavy (non-hydrogen) atoms. The van der Waals surface area contributed by atoms with Crippen molar-refractivity contribution in [3.8, 4) is 0 Å². The molecule has 0 bridgehead atoms. The molecule has 4 nitrogen and oxygen atoms in total. The van der Waals surface area contributed by atoms with E-state index in [-0.39, 0.29) is 0 Å². The Kier molecular flexibility index (Phi) is 6.27. The number of aryl methyl sites for hydroxylation is 1. The van der Waals surface area contributed by atoms with Gasteiger partial charge in [0, 0.05) is 29.8 Å². The Hall–Kier alpha value is -2.01. The number of rotatable bonds is 6. The van der Waals surface area contributed by atoms with Crippen LogP contribution in [0.2, 0.25) is 0 Å². The van der Waals surface area contributed by atoms with Gasteiger partial charge < -0.3 is 11.1 Å². The molecule has 0 aliphatic carbocycles. The van der Waals surface area contributed by atoms with E-state index in [1.54, 1.807) is 18.0 Å². The van der Waals surface area contributed by atoms with Crippen LogP contribution in [0.5, 0.6) is 0 Å². The number of benzene rings is 1. The van der Waals surface area contributed by atoms with Crippen molar-refractivity contribution in [2.45, 2.75) is 24.8 Å². The molecule has 5 heteroatoms. The summed E-state index contributed by atoms with van der Waals surface area (Å²) in [5.41, 5.74) is 9.43. The zero-order chi connectivity index (χ0) is 15.8. The summed E-state index contributed by atoms with van der Waals surface area (Å²) in [5.74, 6) is 0.476. The van der Waals surface area contributed by atoms with Gasteiger partial charge in [-0.05, 0) is 42.5 Å². The van der Waals surface area contributed by atoms with Crippen LogP contribution in [0.25, 0.3) is 0 Å². The molecule has 0 saturated carbocycles. The Morgan fingerprint density at radius 3 is 2.91 bits per heavy atom. The Morgan fingerprint density at radius 2 is 2.18 bits per heavy atom. The summed E-state index contributed by atoms with van der Waals surface area (Å²) >= 11 is 1.74. The first kappa shape index (κ1) is 16.4. The Bertz CT molecular complexity index is 626. The molecule has 0 unspecified atom stereocenters. The minimum absolute atomic E-state index is 0.476. The highest BCUT2D eigenvalue weighted by molar-refractivity contribution is 7.98. The van der Waals surface area contributed by atoms with Crippen molar-refractivity contribution in [1.29, 1.82) is 0 Å². The van der Waals surface area contributed by atoms with E-state index in [2.05, 4.69) is 46.7 Å². The smallest absolute Gasteiger partial charge is 0.188 e. The fraction of sp³-hybridized carbons (Fsp3) is 0.294. The minimum atomic E-state index is 0.476. The van der Waals surface area contributed by atoms with E-state index in [1.165, 1.54) is 16.0 Å². The molecule has 1 aromatic heterocycles. The molecule has 3 N–H and O–H groups in total. The van der Waals surface area contributed by atoms with Crippen LogP contribution in [-0.2, 0) is 13.0 Å². The molecule has 0 aliphatic heterocycles. The third-order valence-electron chi connectivity index (χ3n) is 3.28. The van der Waals surface area contributed by atoms with Gasteiger partial charge in [-0.25, -0.2) is 4.99 Å². The summed E-state index contributed by atoms with van der Waals surface area (Å²) in [7, 11) is 0. The van der Waals surface area contributed by atoms with E-state index < -0.39 is 0 Å². The third kappa shape index (κ3) is 5.07. The minimum Gasteiger partial charge on any atom is -0.370 e. The van der Waals surface area contributed by atoms with Gasteiger partial charge in [-0.15, -0.1) is 11.8 Å². The second kappa shape index (κ2) is 8.44. The second-order valence-electron chi connectivity index (χ2n) is 5.01. The predicted molar refractivity (Wildman–Crippen MR) is 94.2 cm³/mol. The van der Waals surface area contributed by atoms with E-state index in [4.69, 9.17) is 5.73 Å². The fourth-order valence-electron chi connectivity index (χ4n) is 2.07. The van der Waals surface area contributed by atoms with E-state index in [9.17, 15) is 0 Å². The summed E-state index contributed by atoms with van der Waals surface area (Å²) in [6, 6.07) is 12.3. The van der Waals surface area contributed by atoms with Crippen molar-refractivity contribution in [2.75, 3.05) is 12.8 Å². The van der Waals surface area contributed by atoms with Crippen molar-refractivity contribution in [3.63, 3.8) is 0 Å². The summed E-state index contributed by atoms with van der Waals surface area (Å²) in [6.45, 7) is 3.43. The van der Waals surface area contributed by atoms with Crippen molar-refractivity contribution >= 4 is 17.7 Å². The number of thioether (sulfide) groups is 1. The highest BCUT2D eigenvalue weighted by Gasteiger charge is 2.01. The molecule has 1 heterocycles. The largest absolute Gasteiger partial charge is 0.370 e. The molecule has 0 saturated heterocycles. The number of aliphatic imine (C=N–C) groups is 1. The van der Waals surface area contributed by atoms with Gasteiger partial charge in [0.15, 0.2) is 5.96 Å². The van der Waals surface area contributed by atoms with Crippen molar-refractivity contribution in [3.05, 3.63) is 59.4 Å².